The second-order valence-corrected chi connectivity index (χ2v) is 6.00. The lowest BCUT2D eigenvalue weighted by molar-refractivity contribution is -0.0612. The van der Waals surface area contributed by atoms with E-state index in [1.54, 1.807) is 0 Å². The molecule has 0 unspecified atom stereocenters. The topological polar surface area (TPSA) is 177 Å². The molecule has 2 heterocycles. The molecule has 6 N–H and O–H groups in total. The molecular weight excluding hydrogens is 333 g/mol. The van der Waals surface area contributed by atoms with Crippen molar-refractivity contribution in [3.63, 3.8) is 0 Å². The summed E-state index contributed by atoms with van der Waals surface area (Å²) in [7, 11) is -4.85. The Kier molecular flexibility index (Phi) is 4.61. The van der Waals surface area contributed by atoms with Gasteiger partial charge in [-0.1, -0.05) is 5.92 Å². The fraction of sp³-hybridized carbons (Fsp3) is 0.455. The van der Waals surface area contributed by atoms with Crippen LogP contribution in [0.4, 0.5) is 5.82 Å². The molecular formula is C11H14N3O8P. The van der Waals surface area contributed by atoms with Crippen LogP contribution in [0.5, 0.6) is 0 Å². The zero-order valence-corrected chi connectivity index (χ0v) is 12.4. The molecule has 1 aliphatic heterocycles. The van der Waals surface area contributed by atoms with Gasteiger partial charge in [-0.25, -0.2) is 9.36 Å². The Labute approximate surface area is 129 Å². The van der Waals surface area contributed by atoms with E-state index in [1.807, 2.05) is 5.92 Å². The van der Waals surface area contributed by atoms with Crippen LogP contribution < -0.4 is 11.4 Å². The third-order valence-electron chi connectivity index (χ3n) is 3.27. The second kappa shape index (κ2) is 6.03. The number of nitrogens with zero attached hydrogens (tertiary/aromatic N) is 2. The Morgan fingerprint density at radius 1 is 1.61 bits per heavy atom. The first-order chi connectivity index (χ1) is 10.6. The summed E-state index contributed by atoms with van der Waals surface area (Å²) in [5.74, 6) is 1.83. The third kappa shape index (κ3) is 3.44. The van der Waals surface area contributed by atoms with Gasteiger partial charge in [0.05, 0.1) is 6.61 Å². The van der Waals surface area contributed by atoms with Gasteiger partial charge in [-0.15, -0.1) is 6.42 Å². The number of hydrogen-bond donors (Lipinski definition) is 5. The molecule has 0 aromatic carbocycles. The van der Waals surface area contributed by atoms with Gasteiger partial charge in [0.25, 0.3) is 0 Å². The van der Waals surface area contributed by atoms with Crippen molar-refractivity contribution in [1.82, 2.24) is 9.55 Å². The fourth-order valence-corrected chi connectivity index (χ4v) is 2.43. The predicted molar refractivity (Wildman–Crippen MR) is 74.6 cm³/mol. The summed E-state index contributed by atoms with van der Waals surface area (Å²) in [6.07, 6.45) is 1.63. The summed E-state index contributed by atoms with van der Waals surface area (Å²) in [6, 6.07) is 1.26. The zero-order chi connectivity index (χ0) is 17.4. The Hall–Kier alpha value is -1.77. The molecule has 0 aliphatic carbocycles. The normalized spacial score (nSPS) is 31.0. The van der Waals surface area contributed by atoms with E-state index >= 15 is 0 Å². The smallest absolute Gasteiger partial charge is 0.384 e. The van der Waals surface area contributed by atoms with Crippen molar-refractivity contribution >= 4 is 13.6 Å². The van der Waals surface area contributed by atoms with Crippen molar-refractivity contribution in [2.45, 2.75) is 24.0 Å². The van der Waals surface area contributed by atoms with Crippen molar-refractivity contribution in [2.24, 2.45) is 0 Å². The number of phosphoric ester groups is 1. The maximum atomic E-state index is 11.8. The first-order valence-corrected chi connectivity index (χ1v) is 7.70. The van der Waals surface area contributed by atoms with Gasteiger partial charge >= 0.3 is 13.5 Å². The Balaban J connectivity index is 2.33. The predicted octanol–water partition coefficient (Wildman–Crippen LogP) is -2.44. The molecule has 1 fully saturated rings. The summed E-state index contributed by atoms with van der Waals surface area (Å²) >= 11 is 0. The van der Waals surface area contributed by atoms with Crippen molar-refractivity contribution in [3.8, 4) is 12.3 Å². The molecule has 1 aromatic rings. The van der Waals surface area contributed by atoms with Crippen molar-refractivity contribution < 1.29 is 33.8 Å². The Bertz CT molecular complexity index is 740. The van der Waals surface area contributed by atoms with Crippen molar-refractivity contribution in [2.75, 3.05) is 12.3 Å². The fourth-order valence-electron chi connectivity index (χ4n) is 2.10. The maximum Gasteiger partial charge on any atom is 0.469 e. The molecule has 12 heteroatoms. The molecule has 1 aliphatic rings. The number of rotatable bonds is 4. The molecule has 0 amide bonds. The van der Waals surface area contributed by atoms with E-state index < -0.39 is 44.2 Å². The molecule has 1 aromatic heterocycles. The van der Waals surface area contributed by atoms with Gasteiger partial charge in [-0.3, -0.25) is 9.09 Å². The summed E-state index contributed by atoms with van der Waals surface area (Å²) in [5, 5.41) is 20.5. The highest BCUT2D eigenvalue weighted by molar-refractivity contribution is 7.46. The molecule has 0 saturated carbocycles. The van der Waals surface area contributed by atoms with Crippen LogP contribution in [0, 0.1) is 12.3 Å². The summed E-state index contributed by atoms with van der Waals surface area (Å²) < 4.78 is 21.1. The van der Waals surface area contributed by atoms with Crippen LogP contribution in [0.25, 0.3) is 0 Å². The number of hydrogen-bond acceptors (Lipinski definition) is 8. The first kappa shape index (κ1) is 17.6. The van der Waals surface area contributed by atoms with Crippen LogP contribution in [0.2, 0.25) is 0 Å². The molecule has 0 radical (unpaired) electrons. The number of terminal acetylenes is 1. The van der Waals surface area contributed by atoms with Crippen LogP contribution in [0.15, 0.2) is 17.1 Å². The monoisotopic (exact) mass is 347 g/mol. The van der Waals surface area contributed by atoms with Gasteiger partial charge in [0.1, 0.15) is 18.0 Å². The van der Waals surface area contributed by atoms with Gasteiger partial charge in [-0.2, -0.15) is 4.98 Å². The van der Waals surface area contributed by atoms with Crippen molar-refractivity contribution in [1.29, 1.82) is 0 Å². The summed E-state index contributed by atoms with van der Waals surface area (Å²) in [6.45, 7) is -0.810. The molecule has 1 saturated heterocycles. The van der Waals surface area contributed by atoms with Gasteiger partial charge < -0.3 is 30.5 Å². The van der Waals surface area contributed by atoms with E-state index in [0.29, 0.717) is 0 Å². The number of aliphatic hydroxyl groups excluding tert-OH is 1. The van der Waals surface area contributed by atoms with Crippen molar-refractivity contribution in [3.05, 3.63) is 22.7 Å². The van der Waals surface area contributed by atoms with Crippen LogP contribution in [0.3, 0.4) is 0 Å². The average molecular weight is 347 g/mol. The van der Waals surface area contributed by atoms with E-state index in [9.17, 15) is 19.6 Å². The SMILES string of the molecule is C#C[C@@]1(O)[C@@H](COP(=O)(O)O)O[C@@H](n2ccc(N)nc2=O)[C@@H]1O. The second-order valence-electron chi connectivity index (χ2n) is 4.76. The average Bonchev–Trinajstić information content (AvgIpc) is 2.69. The van der Waals surface area contributed by atoms with Crippen LogP contribution in [-0.4, -0.2) is 54.0 Å². The number of aromatic nitrogens is 2. The summed E-state index contributed by atoms with van der Waals surface area (Å²) in [5.41, 5.74) is 2.14. The van der Waals surface area contributed by atoms with E-state index in [-0.39, 0.29) is 5.82 Å². The molecule has 0 spiro atoms. The van der Waals surface area contributed by atoms with Crippen LogP contribution in [-0.2, 0) is 13.8 Å². The first-order valence-electron chi connectivity index (χ1n) is 6.17. The Morgan fingerprint density at radius 2 is 2.26 bits per heavy atom. The Morgan fingerprint density at radius 3 is 2.78 bits per heavy atom. The third-order valence-corrected chi connectivity index (χ3v) is 3.75. The van der Waals surface area contributed by atoms with Crippen LogP contribution in [0.1, 0.15) is 6.23 Å². The lowest BCUT2D eigenvalue weighted by atomic mass is 9.93. The summed E-state index contributed by atoms with van der Waals surface area (Å²) in [4.78, 5) is 32.6. The van der Waals surface area contributed by atoms with E-state index in [2.05, 4.69) is 9.51 Å². The van der Waals surface area contributed by atoms with Gasteiger partial charge in [0.2, 0.25) is 0 Å². The highest BCUT2D eigenvalue weighted by Crippen LogP contribution is 2.41. The minimum Gasteiger partial charge on any atom is -0.384 e. The minimum absolute atomic E-state index is 0.0627. The van der Waals surface area contributed by atoms with Gasteiger partial charge in [0.15, 0.2) is 11.8 Å². The number of nitrogen functional groups attached to an aromatic ring is 1. The largest absolute Gasteiger partial charge is 0.469 e. The zero-order valence-electron chi connectivity index (χ0n) is 11.5. The van der Waals surface area contributed by atoms with E-state index in [4.69, 9.17) is 26.7 Å². The molecule has 23 heavy (non-hydrogen) atoms. The highest BCUT2D eigenvalue weighted by atomic mass is 31.2. The molecule has 126 valence electrons. The molecule has 0 bridgehead atoms. The number of anilines is 1. The van der Waals surface area contributed by atoms with E-state index in [0.717, 1.165) is 4.57 Å². The number of aliphatic hydroxyl groups is 2. The molecule has 4 atom stereocenters. The molecule has 2 rings (SSSR count). The van der Waals surface area contributed by atoms with Crippen LogP contribution >= 0.6 is 7.82 Å². The minimum atomic E-state index is -4.85. The number of ether oxygens (including phenoxy) is 1. The lowest BCUT2D eigenvalue weighted by Crippen LogP contribution is -2.48. The van der Waals surface area contributed by atoms with Gasteiger partial charge in [0, 0.05) is 6.20 Å². The standard InChI is InChI=1S/C11H14N3O8P/c1-2-11(17)6(5-21-23(18,19)20)22-9(8(11)15)14-4-3-7(12)13-10(14)16/h1,3-4,6,8-9,15,17H,5H2,(H2,12,13,16)(H2,18,19,20)/t6-,8+,9-,11-/m1/s1. The lowest BCUT2D eigenvalue weighted by Gasteiger charge is -2.25. The van der Waals surface area contributed by atoms with Gasteiger partial charge in [-0.05, 0) is 6.07 Å². The number of phosphoric acid groups is 1. The maximum absolute atomic E-state index is 11.8. The quantitative estimate of drug-likeness (QED) is 0.290. The molecule has 11 nitrogen and oxygen atoms in total. The number of nitrogens with two attached hydrogens (primary N) is 1. The highest BCUT2D eigenvalue weighted by Gasteiger charge is 2.56. The van der Waals surface area contributed by atoms with E-state index in [1.165, 1.54) is 12.3 Å².